The van der Waals surface area contributed by atoms with E-state index in [-0.39, 0.29) is 0 Å². The molecule has 0 aromatic carbocycles. The first-order valence-electron chi connectivity index (χ1n) is 7.59. The summed E-state index contributed by atoms with van der Waals surface area (Å²) in [4.78, 5) is 4.22. The largest absolute Gasteiger partial charge is 0.377 e. The number of ether oxygens (including phenoxy) is 1. The van der Waals surface area contributed by atoms with E-state index in [2.05, 4.69) is 30.2 Å². The molecule has 1 fully saturated rings. The molecule has 1 N–H and O–H groups in total. The Hall–Kier alpha value is -0.930. The van der Waals surface area contributed by atoms with Gasteiger partial charge in [0.15, 0.2) is 0 Å². The summed E-state index contributed by atoms with van der Waals surface area (Å²) in [5, 5.41) is 3.67. The maximum absolute atomic E-state index is 6.01. The fourth-order valence-electron chi connectivity index (χ4n) is 2.60. The van der Waals surface area contributed by atoms with Crippen molar-refractivity contribution in [3.8, 4) is 0 Å². The molecule has 0 amide bonds. The van der Waals surface area contributed by atoms with E-state index in [4.69, 9.17) is 4.74 Å². The van der Waals surface area contributed by atoms with Crippen molar-refractivity contribution >= 4 is 0 Å². The summed E-state index contributed by atoms with van der Waals surface area (Å²) in [5.41, 5.74) is 1.29. The number of hydrogen-bond acceptors (Lipinski definition) is 3. The maximum atomic E-state index is 6.01. The predicted octanol–water partition coefficient (Wildman–Crippen LogP) is 2.81. The van der Waals surface area contributed by atoms with Gasteiger partial charge in [0.2, 0.25) is 0 Å². The standard InChI is InChI=1S/C16H26N2O/c1-3-9-18-15(11-13-6-5-10-17-12-13)16(19-4-2)14-7-8-14/h5-6,10,12,14-16,18H,3-4,7-9,11H2,1-2H3. The van der Waals surface area contributed by atoms with E-state index in [0.717, 1.165) is 31.9 Å². The number of aromatic nitrogens is 1. The third-order valence-electron chi connectivity index (χ3n) is 3.68. The summed E-state index contributed by atoms with van der Waals surface area (Å²) < 4.78 is 6.01. The second kappa shape index (κ2) is 7.61. The molecule has 2 atom stereocenters. The van der Waals surface area contributed by atoms with Crippen molar-refractivity contribution in [3.63, 3.8) is 0 Å². The molecule has 1 aliphatic carbocycles. The molecule has 19 heavy (non-hydrogen) atoms. The van der Waals surface area contributed by atoms with Crippen LogP contribution in [0.4, 0.5) is 0 Å². The van der Waals surface area contributed by atoms with Gasteiger partial charge in [0, 0.05) is 25.0 Å². The number of rotatable bonds is 9. The van der Waals surface area contributed by atoms with Crippen LogP contribution in [0, 0.1) is 5.92 Å². The highest BCUT2D eigenvalue weighted by Gasteiger charge is 2.36. The van der Waals surface area contributed by atoms with Crippen LogP contribution >= 0.6 is 0 Å². The van der Waals surface area contributed by atoms with E-state index in [1.54, 1.807) is 0 Å². The predicted molar refractivity (Wildman–Crippen MR) is 78.2 cm³/mol. The molecular formula is C16H26N2O. The van der Waals surface area contributed by atoms with Crippen LogP contribution in [0.15, 0.2) is 24.5 Å². The smallest absolute Gasteiger partial charge is 0.0759 e. The number of nitrogens with one attached hydrogen (secondary N) is 1. The van der Waals surface area contributed by atoms with Crippen molar-refractivity contribution in [2.75, 3.05) is 13.2 Å². The van der Waals surface area contributed by atoms with Crippen LogP contribution in [0.1, 0.15) is 38.7 Å². The van der Waals surface area contributed by atoms with Gasteiger partial charge in [0.25, 0.3) is 0 Å². The van der Waals surface area contributed by atoms with E-state index in [1.165, 1.54) is 18.4 Å². The van der Waals surface area contributed by atoms with Crippen LogP contribution in [0.5, 0.6) is 0 Å². The van der Waals surface area contributed by atoms with Crippen LogP contribution in [-0.2, 0) is 11.2 Å². The van der Waals surface area contributed by atoms with Gasteiger partial charge in [-0.2, -0.15) is 0 Å². The maximum Gasteiger partial charge on any atom is 0.0759 e. The van der Waals surface area contributed by atoms with E-state index >= 15 is 0 Å². The Morgan fingerprint density at radius 2 is 2.26 bits per heavy atom. The van der Waals surface area contributed by atoms with E-state index < -0.39 is 0 Å². The van der Waals surface area contributed by atoms with Gasteiger partial charge in [-0.3, -0.25) is 4.98 Å². The SMILES string of the molecule is CCCNC(Cc1cccnc1)C(OCC)C1CC1. The van der Waals surface area contributed by atoms with E-state index in [0.29, 0.717) is 12.1 Å². The van der Waals surface area contributed by atoms with Crippen molar-refractivity contribution < 1.29 is 4.74 Å². The normalized spacial score (nSPS) is 18.2. The Labute approximate surface area is 116 Å². The third-order valence-corrected chi connectivity index (χ3v) is 3.68. The molecular weight excluding hydrogens is 236 g/mol. The molecule has 1 aromatic rings. The lowest BCUT2D eigenvalue weighted by Gasteiger charge is -2.28. The van der Waals surface area contributed by atoms with Crippen LogP contribution in [0.3, 0.4) is 0 Å². The molecule has 106 valence electrons. The van der Waals surface area contributed by atoms with Crippen molar-refractivity contribution in [3.05, 3.63) is 30.1 Å². The molecule has 1 aromatic heterocycles. The van der Waals surface area contributed by atoms with E-state index in [9.17, 15) is 0 Å². The Bertz CT molecular complexity index is 351. The molecule has 1 saturated carbocycles. The molecule has 0 spiro atoms. The molecule has 0 saturated heterocycles. The van der Waals surface area contributed by atoms with Crippen molar-refractivity contribution in [1.29, 1.82) is 0 Å². The zero-order valence-corrected chi connectivity index (χ0v) is 12.1. The van der Waals surface area contributed by atoms with Gasteiger partial charge in [-0.25, -0.2) is 0 Å². The summed E-state index contributed by atoms with van der Waals surface area (Å²) in [6, 6.07) is 4.58. The molecule has 3 nitrogen and oxygen atoms in total. The van der Waals surface area contributed by atoms with Crippen molar-refractivity contribution in [1.82, 2.24) is 10.3 Å². The molecule has 0 radical (unpaired) electrons. The second-order valence-electron chi connectivity index (χ2n) is 5.38. The number of nitrogens with zero attached hydrogens (tertiary/aromatic N) is 1. The lowest BCUT2D eigenvalue weighted by atomic mass is 9.99. The minimum atomic E-state index is 0.358. The molecule has 1 heterocycles. The highest BCUT2D eigenvalue weighted by atomic mass is 16.5. The molecule has 2 unspecified atom stereocenters. The Morgan fingerprint density at radius 3 is 2.84 bits per heavy atom. The molecule has 0 aliphatic heterocycles. The zero-order valence-electron chi connectivity index (χ0n) is 12.1. The van der Waals surface area contributed by atoms with Gasteiger partial charge < -0.3 is 10.1 Å². The summed E-state index contributed by atoms with van der Waals surface area (Å²) in [6.07, 6.45) is 8.97. The molecule has 1 aliphatic rings. The summed E-state index contributed by atoms with van der Waals surface area (Å²) in [6.45, 7) is 6.16. The van der Waals surface area contributed by atoms with Crippen LogP contribution in [-0.4, -0.2) is 30.3 Å². The number of hydrogen-bond donors (Lipinski definition) is 1. The first-order chi connectivity index (χ1) is 9.35. The van der Waals surface area contributed by atoms with Crippen LogP contribution in [0.2, 0.25) is 0 Å². The summed E-state index contributed by atoms with van der Waals surface area (Å²) in [7, 11) is 0. The van der Waals surface area contributed by atoms with Gasteiger partial charge in [0.05, 0.1) is 6.10 Å². The van der Waals surface area contributed by atoms with Crippen LogP contribution < -0.4 is 5.32 Å². The fraction of sp³-hybridized carbons (Fsp3) is 0.688. The van der Waals surface area contributed by atoms with E-state index in [1.807, 2.05) is 18.5 Å². The lowest BCUT2D eigenvalue weighted by Crippen LogP contribution is -2.44. The van der Waals surface area contributed by atoms with Crippen LogP contribution in [0.25, 0.3) is 0 Å². The minimum Gasteiger partial charge on any atom is -0.377 e. The average molecular weight is 262 g/mol. The monoisotopic (exact) mass is 262 g/mol. The minimum absolute atomic E-state index is 0.358. The third kappa shape index (κ3) is 4.59. The molecule has 2 rings (SSSR count). The topological polar surface area (TPSA) is 34.2 Å². The van der Waals surface area contributed by atoms with Crippen molar-refractivity contribution in [2.24, 2.45) is 5.92 Å². The quantitative estimate of drug-likeness (QED) is 0.743. The molecule has 0 bridgehead atoms. The number of pyridine rings is 1. The summed E-state index contributed by atoms with van der Waals surface area (Å²) in [5.74, 6) is 0.756. The first kappa shape index (κ1) is 14.5. The Morgan fingerprint density at radius 1 is 1.42 bits per heavy atom. The lowest BCUT2D eigenvalue weighted by molar-refractivity contribution is 0.0192. The second-order valence-corrected chi connectivity index (χ2v) is 5.38. The van der Waals surface area contributed by atoms with Gasteiger partial charge >= 0.3 is 0 Å². The highest BCUT2D eigenvalue weighted by Crippen LogP contribution is 2.36. The average Bonchev–Trinajstić information content (AvgIpc) is 3.27. The fourth-order valence-corrected chi connectivity index (χ4v) is 2.60. The van der Waals surface area contributed by atoms with Gasteiger partial charge in [-0.1, -0.05) is 13.0 Å². The van der Waals surface area contributed by atoms with Gasteiger partial charge in [-0.05, 0) is 56.7 Å². The first-order valence-corrected chi connectivity index (χ1v) is 7.59. The van der Waals surface area contributed by atoms with Crippen molar-refractivity contribution in [2.45, 2.75) is 51.7 Å². The highest BCUT2D eigenvalue weighted by molar-refractivity contribution is 5.11. The zero-order chi connectivity index (χ0) is 13.5. The Balaban J connectivity index is 2.00. The Kier molecular flexibility index (Phi) is 5.80. The van der Waals surface area contributed by atoms with Gasteiger partial charge in [0.1, 0.15) is 0 Å². The molecule has 3 heteroatoms. The summed E-state index contributed by atoms with van der Waals surface area (Å²) >= 11 is 0. The van der Waals surface area contributed by atoms with Gasteiger partial charge in [-0.15, -0.1) is 0 Å².